The molecule has 50 heavy (non-hydrogen) atoms. The number of hydrogen-bond donors (Lipinski definition) is 2. The van der Waals surface area contributed by atoms with Crippen LogP contribution in [0.15, 0.2) is 42.0 Å². The van der Waals surface area contributed by atoms with Crippen LogP contribution in [-0.2, 0) is 42.8 Å². The summed E-state index contributed by atoms with van der Waals surface area (Å²) in [6.45, 7) is 13.4. The molecule has 0 aromatic heterocycles. The zero-order valence-corrected chi connectivity index (χ0v) is 29.6. The molecule has 0 unspecified atom stereocenters. The largest absolute Gasteiger partial charge is 0.379 e. The van der Waals surface area contributed by atoms with Crippen LogP contribution in [-0.4, -0.2) is 153 Å². The maximum Gasteiger partial charge on any atom is 0.264 e. The molecule has 0 saturated carbocycles. The molecular formula is C36H55N5O9. The minimum absolute atomic E-state index is 0.103. The van der Waals surface area contributed by atoms with Gasteiger partial charge in [0.25, 0.3) is 5.91 Å². The van der Waals surface area contributed by atoms with Crippen molar-refractivity contribution >= 4 is 18.2 Å². The summed E-state index contributed by atoms with van der Waals surface area (Å²) in [5, 5.41) is 15.5. The molecule has 278 valence electrons. The molecule has 2 aliphatic rings. The van der Waals surface area contributed by atoms with Crippen LogP contribution < -0.4 is 10.6 Å². The van der Waals surface area contributed by atoms with E-state index in [0.29, 0.717) is 112 Å². The van der Waals surface area contributed by atoms with E-state index >= 15 is 0 Å². The summed E-state index contributed by atoms with van der Waals surface area (Å²) in [6, 6.07) is 11.9. The lowest BCUT2D eigenvalue weighted by Crippen LogP contribution is -2.41. The smallest absolute Gasteiger partial charge is 0.264 e. The second-order valence-corrected chi connectivity index (χ2v) is 12.8. The minimum Gasteiger partial charge on any atom is -0.379 e. The van der Waals surface area contributed by atoms with Gasteiger partial charge in [-0.1, -0.05) is 50.3 Å². The number of morpholine rings is 1. The molecule has 2 fully saturated rings. The van der Waals surface area contributed by atoms with Crippen LogP contribution >= 0.6 is 0 Å². The molecule has 2 heterocycles. The Morgan fingerprint density at radius 3 is 2.00 bits per heavy atom. The number of hydrogen-bond acceptors (Lipinski definition) is 11. The maximum absolute atomic E-state index is 13.6. The SMILES string of the molecule is CC(C)(/C=C(\C#N)C(=O)N1C[C@@H](C(=O)NCCOCCOCCOCCOCCOCCNC=O)[C@H](c2ccccc2)C1)CN1CCOCC1. The van der Waals surface area contributed by atoms with Crippen molar-refractivity contribution in [1.29, 1.82) is 5.26 Å². The van der Waals surface area contributed by atoms with Crippen molar-refractivity contribution in [2.75, 3.05) is 125 Å². The molecule has 3 amide bonds. The highest BCUT2D eigenvalue weighted by Crippen LogP contribution is 2.34. The van der Waals surface area contributed by atoms with E-state index in [0.717, 1.165) is 18.7 Å². The van der Waals surface area contributed by atoms with Crippen LogP contribution in [0, 0.1) is 22.7 Å². The lowest BCUT2D eigenvalue weighted by atomic mass is 9.88. The Morgan fingerprint density at radius 2 is 1.44 bits per heavy atom. The van der Waals surface area contributed by atoms with Crippen LogP contribution in [0.2, 0.25) is 0 Å². The fourth-order valence-electron chi connectivity index (χ4n) is 5.91. The average Bonchev–Trinajstić information content (AvgIpc) is 3.58. The zero-order valence-electron chi connectivity index (χ0n) is 29.6. The average molecular weight is 702 g/mol. The third kappa shape index (κ3) is 15.6. The van der Waals surface area contributed by atoms with Crippen molar-refractivity contribution in [3.8, 4) is 6.07 Å². The van der Waals surface area contributed by atoms with Crippen LogP contribution in [0.4, 0.5) is 0 Å². The summed E-state index contributed by atoms with van der Waals surface area (Å²) < 4.78 is 32.8. The third-order valence-corrected chi connectivity index (χ3v) is 8.30. The van der Waals surface area contributed by atoms with Crippen LogP contribution in [0.1, 0.15) is 25.3 Å². The van der Waals surface area contributed by atoms with Crippen molar-refractivity contribution in [2.45, 2.75) is 19.8 Å². The number of ether oxygens (including phenoxy) is 6. The predicted octanol–water partition coefficient (Wildman–Crippen LogP) is 0.982. The van der Waals surface area contributed by atoms with Gasteiger partial charge in [-0.2, -0.15) is 5.26 Å². The topological polar surface area (TPSA) is 161 Å². The fraction of sp³-hybridized carbons (Fsp3) is 0.667. The maximum atomic E-state index is 13.6. The van der Waals surface area contributed by atoms with Gasteiger partial charge in [-0.3, -0.25) is 19.3 Å². The van der Waals surface area contributed by atoms with Crippen molar-refractivity contribution in [2.24, 2.45) is 11.3 Å². The zero-order chi connectivity index (χ0) is 35.9. The second kappa shape index (κ2) is 23.9. The molecule has 2 saturated heterocycles. The number of nitriles is 1. The first-order valence-electron chi connectivity index (χ1n) is 17.5. The van der Waals surface area contributed by atoms with Gasteiger partial charge >= 0.3 is 0 Å². The van der Waals surface area contributed by atoms with Gasteiger partial charge < -0.3 is 44.0 Å². The number of nitrogens with one attached hydrogen (secondary N) is 2. The highest BCUT2D eigenvalue weighted by Gasteiger charge is 2.41. The molecular weight excluding hydrogens is 646 g/mol. The van der Waals surface area contributed by atoms with E-state index in [1.807, 2.05) is 44.2 Å². The number of likely N-dealkylation sites (tertiary alicyclic amines) is 1. The van der Waals surface area contributed by atoms with E-state index in [1.165, 1.54) is 0 Å². The monoisotopic (exact) mass is 701 g/mol. The Kier molecular flexibility index (Phi) is 19.6. The summed E-state index contributed by atoms with van der Waals surface area (Å²) in [6.07, 6.45) is 2.41. The van der Waals surface area contributed by atoms with E-state index in [4.69, 9.17) is 28.4 Å². The van der Waals surface area contributed by atoms with Gasteiger partial charge in [-0.25, -0.2) is 0 Å². The van der Waals surface area contributed by atoms with Crippen molar-refractivity contribution in [3.63, 3.8) is 0 Å². The fourth-order valence-corrected chi connectivity index (χ4v) is 5.91. The molecule has 1 aromatic rings. The highest BCUT2D eigenvalue weighted by atomic mass is 16.6. The van der Waals surface area contributed by atoms with Crippen molar-refractivity contribution in [3.05, 3.63) is 47.5 Å². The van der Waals surface area contributed by atoms with E-state index in [2.05, 4.69) is 21.6 Å². The normalized spacial score (nSPS) is 18.5. The summed E-state index contributed by atoms with van der Waals surface area (Å²) in [4.78, 5) is 41.1. The summed E-state index contributed by atoms with van der Waals surface area (Å²) in [7, 11) is 0. The molecule has 0 aliphatic carbocycles. The summed E-state index contributed by atoms with van der Waals surface area (Å²) >= 11 is 0. The number of amides is 3. The molecule has 14 heteroatoms. The first kappa shape index (κ1) is 41.0. The Balaban J connectivity index is 1.34. The first-order chi connectivity index (χ1) is 24.3. The van der Waals surface area contributed by atoms with Gasteiger partial charge in [0.1, 0.15) is 11.6 Å². The standard InChI is InChI=1S/C36H55N5O9/c1-36(2,28-40-10-14-47-15-11-40)24-31(25-37)35(44)41-26-32(30-6-4-3-5-7-30)33(27-41)34(43)39-9-13-46-17-19-49-21-23-50-22-20-48-18-16-45-12-8-38-29-42/h3-7,24,29,32-33H,8-23,26-28H2,1-2H3,(H,38,42)(H,39,43)/b31-24+/t32-,33+/m0/s1. The van der Waals surface area contributed by atoms with Gasteiger partial charge in [0.2, 0.25) is 12.3 Å². The van der Waals surface area contributed by atoms with Gasteiger partial charge in [0, 0.05) is 51.7 Å². The van der Waals surface area contributed by atoms with Gasteiger partial charge in [-0.05, 0) is 11.0 Å². The molecule has 2 aliphatic heterocycles. The molecule has 14 nitrogen and oxygen atoms in total. The first-order valence-corrected chi connectivity index (χ1v) is 17.5. The molecule has 2 N–H and O–H groups in total. The predicted molar refractivity (Wildman–Crippen MR) is 185 cm³/mol. The van der Waals surface area contributed by atoms with Crippen LogP contribution in [0.5, 0.6) is 0 Å². The lowest BCUT2D eigenvalue weighted by molar-refractivity contribution is -0.127. The van der Waals surface area contributed by atoms with Gasteiger partial charge in [-0.15, -0.1) is 0 Å². The second-order valence-electron chi connectivity index (χ2n) is 12.8. The number of carbonyl (C=O) groups is 3. The minimum atomic E-state index is -0.457. The third-order valence-electron chi connectivity index (χ3n) is 8.30. The van der Waals surface area contributed by atoms with E-state index in [1.54, 1.807) is 11.0 Å². The van der Waals surface area contributed by atoms with Crippen molar-refractivity contribution in [1.82, 2.24) is 20.4 Å². The van der Waals surface area contributed by atoms with E-state index in [9.17, 15) is 19.6 Å². The van der Waals surface area contributed by atoms with Crippen LogP contribution in [0.3, 0.4) is 0 Å². The van der Waals surface area contributed by atoms with Gasteiger partial charge in [0.05, 0.1) is 85.2 Å². The molecule has 0 bridgehead atoms. The summed E-state index contributed by atoms with van der Waals surface area (Å²) in [5.41, 5.74) is 0.692. The molecule has 0 spiro atoms. The van der Waals surface area contributed by atoms with Gasteiger partial charge in [0.15, 0.2) is 0 Å². The molecule has 1 aromatic carbocycles. The number of benzene rings is 1. The Hall–Kier alpha value is -3.42. The Bertz CT molecular complexity index is 1200. The number of rotatable bonds is 25. The van der Waals surface area contributed by atoms with E-state index < -0.39 is 11.3 Å². The quantitative estimate of drug-likeness (QED) is 0.0648. The Labute approximate surface area is 296 Å². The highest BCUT2D eigenvalue weighted by molar-refractivity contribution is 5.98. The van der Waals surface area contributed by atoms with Crippen molar-refractivity contribution < 1.29 is 42.8 Å². The van der Waals surface area contributed by atoms with E-state index in [-0.39, 0.29) is 29.9 Å². The number of nitrogens with zero attached hydrogens (tertiary/aromatic N) is 3. The lowest BCUT2D eigenvalue weighted by Gasteiger charge is -2.33. The van der Waals surface area contributed by atoms with Crippen LogP contribution in [0.25, 0.3) is 0 Å². The molecule has 0 radical (unpaired) electrons. The Morgan fingerprint density at radius 1 is 0.880 bits per heavy atom. The summed E-state index contributed by atoms with van der Waals surface area (Å²) in [5.74, 6) is -1.14. The number of carbonyl (C=O) groups excluding carboxylic acids is 3. The molecule has 3 rings (SSSR count). The molecule has 2 atom stereocenters.